The van der Waals surface area contributed by atoms with Gasteiger partial charge in [0.1, 0.15) is 22.9 Å². The molecule has 7 rings (SSSR count). The number of imidazole rings is 2. The number of carbonyl (C=O) groups is 2. The molecule has 1 aliphatic carbocycles. The lowest BCUT2D eigenvalue weighted by Crippen LogP contribution is -2.37. The van der Waals surface area contributed by atoms with Gasteiger partial charge in [-0.1, -0.05) is 36.1 Å². The first-order chi connectivity index (χ1) is 23.1. The third-order valence-electron chi connectivity index (χ3n) is 9.24. The van der Waals surface area contributed by atoms with Gasteiger partial charge in [-0.15, -0.1) is 0 Å². The van der Waals surface area contributed by atoms with Crippen molar-refractivity contribution < 1.29 is 19.1 Å². The number of hydrogen-bond acceptors (Lipinski definition) is 6. The van der Waals surface area contributed by atoms with Crippen LogP contribution in [0, 0.1) is 17.3 Å². The molecule has 2 amide bonds. The van der Waals surface area contributed by atoms with E-state index in [0.717, 1.165) is 64.1 Å². The van der Waals surface area contributed by atoms with Crippen LogP contribution in [-0.2, 0) is 9.47 Å². The fourth-order valence-corrected chi connectivity index (χ4v) is 6.69. The number of carbonyl (C=O) groups excluding carboxylic acids is 2. The molecule has 3 fully saturated rings. The molecule has 2 saturated heterocycles. The van der Waals surface area contributed by atoms with Crippen LogP contribution in [0.25, 0.3) is 22.3 Å². The highest BCUT2D eigenvalue weighted by molar-refractivity contribution is 5.78. The maximum atomic E-state index is 13.1. The van der Waals surface area contributed by atoms with Crippen molar-refractivity contribution in [2.24, 2.45) is 5.41 Å². The zero-order chi connectivity index (χ0) is 34.7. The molecule has 1 saturated carbocycles. The fraction of sp³-hybridized carbons (Fsp3) is 0.436. The Hall–Kier alpha value is -5.04. The van der Waals surface area contributed by atoms with Gasteiger partial charge in [-0.25, -0.2) is 19.6 Å². The van der Waals surface area contributed by atoms with Gasteiger partial charge in [-0.05, 0) is 103 Å². The van der Waals surface area contributed by atoms with Gasteiger partial charge in [-0.2, -0.15) is 0 Å². The number of nitrogens with one attached hydrogen (secondary N) is 2. The molecule has 3 aliphatic rings. The second-order valence-corrected chi connectivity index (χ2v) is 15.8. The quantitative estimate of drug-likeness (QED) is 0.170. The van der Waals surface area contributed by atoms with Gasteiger partial charge in [0.15, 0.2) is 0 Å². The van der Waals surface area contributed by atoms with E-state index in [1.54, 1.807) is 4.90 Å². The van der Waals surface area contributed by atoms with E-state index in [4.69, 9.17) is 19.4 Å². The number of benzene rings is 2. The Morgan fingerprint density at radius 2 is 1.53 bits per heavy atom. The van der Waals surface area contributed by atoms with Gasteiger partial charge < -0.3 is 19.4 Å². The molecule has 254 valence electrons. The number of aromatic amines is 2. The molecule has 10 heteroatoms. The third-order valence-corrected chi connectivity index (χ3v) is 9.24. The number of H-pyrrole nitrogens is 2. The second-order valence-electron chi connectivity index (χ2n) is 15.8. The number of rotatable bonds is 3. The van der Waals surface area contributed by atoms with Crippen molar-refractivity contribution in [3.05, 3.63) is 83.6 Å². The van der Waals surface area contributed by atoms with Crippen molar-refractivity contribution in [3.63, 3.8) is 0 Å². The monoisotopic (exact) mass is 660 g/mol. The average molecular weight is 661 g/mol. The van der Waals surface area contributed by atoms with E-state index in [2.05, 4.69) is 28.4 Å². The molecule has 4 heterocycles. The Morgan fingerprint density at radius 3 is 2.20 bits per heavy atom. The van der Waals surface area contributed by atoms with Crippen LogP contribution >= 0.6 is 0 Å². The number of fused-ring (bicyclic) bond motifs is 1. The highest BCUT2D eigenvalue weighted by atomic mass is 16.6. The molecule has 2 N–H and O–H groups in total. The van der Waals surface area contributed by atoms with Crippen LogP contribution in [-0.4, -0.2) is 66.2 Å². The van der Waals surface area contributed by atoms with Gasteiger partial charge in [0, 0.05) is 36.0 Å². The van der Waals surface area contributed by atoms with E-state index in [-0.39, 0.29) is 29.7 Å². The number of likely N-dealkylation sites (tertiary alicyclic amines) is 2. The summed E-state index contributed by atoms with van der Waals surface area (Å²) >= 11 is 0. The number of hydrogen-bond donors (Lipinski definition) is 2. The molecule has 0 unspecified atom stereocenters. The maximum Gasteiger partial charge on any atom is 0.411 e. The summed E-state index contributed by atoms with van der Waals surface area (Å²) in [6.07, 6.45) is 5.02. The van der Waals surface area contributed by atoms with Crippen molar-refractivity contribution in [1.82, 2.24) is 29.7 Å². The van der Waals surface area contributed by atoms with Crippen molar-refractivity contribution in [3.8, 4) is 23.1 Å². The molecule has 0 bridgehead atoms. The van der Waals surface area contributed by atoms with Crippen LogP contribution < -0.4 is 0 Å². The molecule has 1 spiro atoms. The summed E-state index contributed by atoms with van der Waals surface area (Å²) in [7, 11) is 0. The highest BCUT2D eigenvalue weighted by Crippen LogP contribution is 2.58. The fourth-order valence-electron chi connectivity index (χ4n) is 6.69. The molecular formula is C39H44N6O4. The normalized spacial score (nSPS) is 20.1. The third kappa shape index (κ3) is 7.07. The van der Waals surface area contributed by atoms with Crippen molar-refractivity contribution >= 4 is 23.2 Å². The van der Waals surface area contributed by atoms with Crippen LogP contribution in [0.4, 0.5) is 9.59 Å². The van der Waals surface area contributed by atoms with Crippen molar-refractivity contribution in [1.29, 1.82) is 0 Å². The molecular weight excluding hydrogens is 616 g/mol. The van der Waals surface area contributed by atoms with Crippen LogP contribution in [0.2, 0.25) is 0 Å². The zero-order valence-corrected chi connectivity index (χ0v) is 29.1. The number of ether oxygens (including phenoxy) is 2. The SMILES string of the molecule is C=C1C[C@@H](c2nc(-c3ccc(C#Cc4ccc5[nH]c([C@@H]6CC7(CC7)CN6C(=O)OC(C)(C)C)nc5c4)cc3)c[nH]2)N(C(=O)OC(C)(C)C)C1. The van der Waals surface area contributed by atoms with Crippen LogP contribution in [0.3, 0.4) is 0 Å². The molecule has 2 atom stereocenters. The molecule has 10 nitrogen and oxygen atoms in total. The summed E-state index contributed by atoms with van der Waals surface area (Å²) < 4.78 is 11.4. The number of nitrogens with zero attached hydrogens (tertiary/aromatic N) is 4. The average Bonchev–Trinajstić information content (AvgIpc) is 3.45. The van der Waals surface area contributed by atoms with Crippen molar-refractivity contribution in [2.75, 3.05) is 13.1 Å². The Kier molecular flexibility index (Phi) is 7.85. The van der Waals surface area contributed by atoms with E-state index in [1.165, 1.54) is 0 Å². The molecule has 2 aliphatic heterocycles. The van der Waals surface area contributed by atoms with E-state index >= 15 is 0 Å². The minimum atomic E-state index is -0.582. The van der Waals surface area contributed by atoms with Gasteiger partial charge in [0.25, 0.3) is 0 Å². The molecule has 49 heavy (non-hydrogen) atoms. The predicted molar refractivity (Wildman–Crippen MR) is 188 cm³/mol. The second kappa shape index (κ2) is 11.8. The summed E-state index contributed by atoms with van der Waals surface area (Å²) in [5, 5.41) is 0. The van der Waals surface area contributed by atoms with Crippen molar-refractivity contribution in [2.45, 2.75) is 90.5 Å². The number of aromatic nitrogens is 4. The first-order valence-electron chi connectivity index (χ1n) is 17.0. The Labute approximate surface area is 287 Å². The summed E-state index contributed by atoms with van der Waals surface area (Å²) in [5.41, 5.74) is 5.23. The molecule has 0 radical (unpaired) electrons. The standard InChI is InChI=1S/C39H44N6O4/c1-24-18-31(44(22-24)35(46)48-37(2,3)4)33-40-21-30(43-33)27-13-10-25(11-14-27)8-9-26-12-15-28-29(19-26)42-34(41-28)32-20-39(16-17-39)23-45(32)36(47)49-38(5,6)7/h10-15,19,21,31-32H,1,16-18,20,22-23H2,2-7H3,(H,40,43)(H,41,42)/t31-,32-/m0/s1. The minimum absolute atomic E-state index is 0.134. The van der Waals surface area contributed by atoms with Crippen LogP contribution in [0.1, 0.15) is 102 Å². The van der Waals surface area contributed by atoms with Crippen LogP contribution in [0.5, 0.6) is 0 Å². The van der Waals surface area contributed by atoms with E-state index < -0.39 is 11.2 Å². The largest absolute Gasteiger partial charge is 0.444 e. The lowest BCUT2D eigenvalue weighted by molar-refractivity contribution is 0.0206. The lowest BCUT2D eigenvalue weighted by atomic mass is 10.0. The smallest absolute Gasteiger partial charge is 0.411 e. The van der Waals surface area contributed by atoms with Gasteiger partial charge in [0.05, 0.1) is 28.8 Å². The summed E-state index contributed by atoms with van der Waals surface area (Å²) in [5.74, 6) is 8.04. The summed E-state index contributed by atoms with van der Waals surface area (Å²) in [6.45, 7) is 16.5. The highest BCUT2D eigenvalue weighted by Gasteiger charge is 2.55. The van der Waals surface area contributed by atoms with E-state index in [1.807, 2.05) is 95.1 Å². The van der Waals surface area contributed by atoms with Crippen LogP contribution in [0.15, 0.2) is 60.8 Å². The maximum absolute atomic E-state index is 13.1. The van der Waals surface area contributed by atoms with Gasteiger partial charge >= 0.3 is 12.2 Å². The summed E-state index contributed by atoms with van der Waals surface area (Å²) in [6, 6.07) is 13.5. The van der Waals surface area contributed by atoms with E-state index in [9.17, 15) is 9.59 Å². The minimum Gasteiger partial charge on any atom is -0.444 e. The molecule has 2 aromatic heterocycles. The molecule has 2 aromatic carbocycles. The number of amides is 2. The Morgan fingerprint density at radius 1 is 0.878 bits per heavy atom. The Balaban J connectivity index is 1.04. The predicted octanol–water partition coefficient (Wildman–Crippen LogP) is 8.05. The van der Waals surface area contributed by atoms with Gasteiger partial charge in [0.2, 0.25) is 0 Å². The first-order valence-corrected chi connectivity index (χ1v) is 17.0. The van der Waals surface area contributed by atoms with Gasteiger partial charge in [-0.3, -0.25) is 9.80 Å². The topological polar surface area (TPSA) is 116 Å². The van der Waals surface area contributed by atoms with E-state index in [0.29, 0.717) is 25.3 Å². The molecule has 4 aromatic rings. The zero-order valence-electron chi connectivity index (χ0n) is 29.1. The lowest BCUT2D eigenvalue weighted by Gasteiger charge is -2.27. The Bertz CT molecular complexity index is 1990. The first kappa shape index (κ1) is 32.5. The summed E-state index contributed by atoms with van der Waals surface area (Å²) in [4.78, 5) is 46.0.